The molecule has 0 aliphatic heterocycles. The summed E-state index contributed by atoms with van der Waals surface area (Å²) in [6.45, 7) is 2.28. The maximum atomic E-state index is 11.1. The summed E-state index contributed by atoms with van der Waals surface area (Å²) in [5.74, 6) is -0.181. The zero-order valence-corrected chi connectivity index (χ0v) is 17.5. The summed E-state index contributed by atoms with van der Waals surface area (Å²) in [6.07, 6.45) is 22.5. The van der Waals surface area contributed by atoms with Gasteiger partial charge in [-0.1, -0.05) is 103 Å². The quantitative estimate of drug-likeness (QED) is 0.287. The third-order valence-electron chi connectivity index (χ3n) is 5.31. The summed E-state index contributed by atoms with van der Waals surface area (Å²) in [6, 6.07) is 0.319. The van der Waals surface area contributed by atoms with Crippen molar-refractivity contribution >= 4 is 5.91 Å². The minimum atomic E-state index is -0.181. The molecule has 0 heterocycles. The molecule has 0 aliphatic rings. The molecule has 150 valence electrons. The Kier molecular flexibility index (Phi) is 17.8. The second-order valence-corrected chi connectivity index (χ2v) is 8.03. The van der Waals surface area contributed by atoms with Gasteiger partial charge in [-0.3, -0.25) is 4.79 Å². The largest absolute Gasteiger partial charge is 0.370 e. The minimum Gasteiger partial charge on any atom is -0.370 e. The van der Waals surface area contributed by atoms with Crippen LogP contribution >= 0.6 is 0 Å². The van der Waals surface area contributed by atoms with Gasteiger partial charge in [-0.15, -0.1) is 0 Å². The Morgan fingerprint density at radius 1 is 0.720 bits per heavy atom. The fourth-order valence-corrected chi connectivity index (χ4v) is 3.53. The Morgan fingerprint density at radius 3 is 1.40 bits per heavy atom. The van der Waals surface area contributed by atoms with E-state index in [1.165, 1.54) is 96.3 Å². The van der Waals surface area contributed by atoms with Crippen LogP contribution in [0.5, 0.6) is 0 Å². The number of unbranched alkanes of at least 4 members (excludes halogenated alkanes) is 14. The minimum absolute atomic E-state index is 0.181. The van der Waals surface area contributed by atoms with E-state index in [0.29, 0.717) is 12.5 Å². The summed E-state index contributed by atoms with van der Waals surface area (Å²) in [7, 11) is 4.08. The van der Waals surface area contributed by atoms with Crippen LogP contribution in [0, 0.1) is 0 Å². The van der Waals surface area contributed by atoms with Crippen LogP contribution in [0.25, 0.3) is 0 Å². The predicted molar refractivity (Wildman–Crippen MR) is 111 cm³/mol. The SMILES string of the molecule is CCCCCCCCCCCCCCCCCC(CC(N)=O)N(C)C. The van der Waals surface area contributed by atoms with Gasteiger partial charge in [-0.05, 0) is 20.5 Å². The van der Waals surface area contributed by atoms with Crippen LogP contribution in [-0.4, -0.2) is 30.9 Å². The van der Waals surface area contributed by atoms with Crippen molar-refractivity contribution < 1.29 is 4.79 Å². The Hall–Kier alpha value is -0.570. The maximum Gasteiger partial charge on any atom is 0.218 e. The molecule has 0 rings (SSSR count). The number of primary amides is 1. The van der Waals surface area contributed by atoms with Gasteiger partial charge in [0, 0.05) is 12.5 Å². The van der Waals surface area contributed by atoms with Crippen LogP contribution in [0.2, 0.25) is 0 Å². The van der Waals surface area contributed by atoms with E-state index in [1.807, 2.05) is 14.1 Å². The smallest absolute Gasteiger partial charge is 0.218 e. The van der Waals surface area contributed by atoms with Crippen LogP contribution in [0.15, 0.2) is 0 Å². The molecule has 0 aromatic rings. The van der Waals surface area contributed by atoms with E-state index in [-0.39, 0.29) is 5.91 Å². The molecule has 25 heavy (non-hydrogen) atoms. The summed E-state index contributed by atoms with van der Waals surface area (Å²) < 4.78 is 0. The van der Waals surface area contributed by atoms with E-state index in [9.17, 15) is 4.79 Å². The standard InChI is InChI=1S/C22H46N2O/c1-4-5-6-7-8-9-10-11-12-13-14-15-16-17-18-19-21(24(2)3)20-22(23)25/h21H,4-20H2,1-3H3,(H2,23,25). The lowest BCUT2D eigenvalue weighted by molar-refractivity contribution is -0.119. The van der Waals surface area contributed by atoms with Gasteiger partial charge in [0.05, 0.1) is 0 Å². The van der Waals surface area contributed by atoms with E-state index in [2.05, 4.69) is 11.8 Å². The fraction of sp³-hybridized carbons (Fsp3) is 0.955. The highest BCUT2D eigenvalue weighted by atomic mass is 16.1. The van der Waals surface area contributed by atoms with Crippen LogP contribution in [0.4, 0.5) is 0 Å². The van der Waals surface area contributed by atoms with Gasteiger partial charge < -0.3 is 10.6 Å². The van der Waals surface area contributed by atoms with Crippen molar-refractivity contribution in [3.05, 3.63) is 0 Å². The highest BCUT2D eigenvalue weighted by Crippen LogP contribution is 2.15. The lowest BCUT2D eigenvalue weighted by atomic mass is 10.0. The predicted octanol–water partition coefficient (Wildman–Crippen LogP) is 6.05. The lowest BCUT2D eigenvalue weighted by Gasteiger charge is -2.22. The first kappa shape index (κ1) is 24.4. The second kappa shape index (κ2) is 18.2. The molecule has 1 atom stereocenters. The van der Waals surface area contributed by atoms with Crippen molar-refractivity contribution in [3.63, 3.8) is 0 Å². The molecule has 1 amide bonds. The van der Waals surface area contributed by atoms with Gasteiger partial charge in [0.2, 0.25) is 5.91 Å². The number of nitrogens with zero attached hydrogens (tertiary/aromatic N) is 1. The number of carbonyl (C=O) groups is 1. The van der Waals surface area contributed by atoms with Crippen LogP contribution in [0.3, 0.4) is 0 Å². The number of hydrogen-bond acceptors (Lipinski definition) is 2. The molecule has 0 saturated heterocycles. The monoisotopic (exact) mass is 354 g/mol. The molecule has 0 spiro atoms. The van der Waals surface area contributed by atoms with E-state index in [1.54, 1.807) is 0 Å². The molecule has 0 aliphatic carbocycles. The number of rotatable bonds is 19. The van der Waals surface area contributed by atoms with Crippen molar-refractivity contribution in [2.24, 2.45) is 5.73 Å². The zero-order chi connectivity index (χ0) is 18.8. The van der Waals surface area contributed by atoms with Gasteiger partial charge >= 0.3 is 0 Å². The molecule has 3 nitrogen and oxygen atoms in total. The number of amides is 1. The fourth-order valence-electron chi connectivity index (χ4n) is 3.53. The topological polar surface area (TPSA) is 46.3 Å². The van der Waals surface area contributed by atoms with Crippen molar-refractivity contribution in [1.82, 2.24) is 4.90 Å². The average molecular weight is 355 g/mol. The Bertz CT molecular complexity index is 292. The van der Waals surface area contributed by atoms with Gasteiger partial charge in [0.1, 0.15) is 0 Å². The second-order valence-electron chi connectivity index (χ2n) is 8.03. The molecule has 3 heteroatoms. The van der Waals surface area contributed by atoms with Crippen molar-refractivity contribution in [2.75, 3.05) is 14.1 Å². The van der Waals surface area contributed by atoms with E-state index in [4.69, 9.17) is 5.73 Å². The molecule has 2 N–H and O–H groups in total. The molecular formula is C22H46N2O. The molecule has 0 aromatic heterocycles. The van der Waals surface area contributed by atoms with Crippen LogP contribution in [-0.2, 0) is 4.79 Å². The van der Waals surface area contributed by atoms with E-state index < -0.39 is 0 Å². The summed E-state index contributed by atoms with van der Waals surface area (Å²) in [5.41, 5.74) is 5.32. The highest BCUT2D eigenvalue weighted by molar-refractivity contribution is 5.74. The Labute approximate surface area is 158 Å². The summed E-state index contributed by atoms with van der Waals surface area (Å²) in [5, 5.41) is 0. The maximum absolute atomic E-state index is 11.1. The first-order valence-corrected chi connectivity index (χ1v) is 11.0. The van der Waals surface area contributed by atoms with Crippen LogP contribution < -0.4 is 5.73 Å². The third kappa shape index (κ3) is 18.0. The molecule has 0 radical (unpaired) electrons. The van der Waals surface area contributed by atoms with Gasteiger partial charge in [-0.25, -0.2) is 0 Å². The molecule has 0 saturated carbocycles. The molecule has 0 fully saturated rings. The molecule has 1 unspecified atom stereocenters. The Balaban J connectivity index is 3.26. The van der Waals surface area contributed by atoms with E-state index in [0.717, 1.165) is 6.42 Å². The highest BCUT2D eigenvalue weighted by Gasteiger charge is 2.13. The van der Waals surface area contributed by atoms with Crippen LogP contribution in [0.1, 0.15) is 116 Å². The number of hydrogen-bond donors (Lipinski definition) is 1. The van der Waals surface area contributed by atoms with E-state index >= 15 is 0 Å². The Morgan fingerprint density at radius 2 is 1.08 bits per heavy atom. The average Bonchev–Trinajstić information content (AvgIpc) is 2.56. The third-order valence-corrected chi connectivity index (χ3v) is 5.31. The summed E-state index contributed by atoms with van der Waals surface area (Å²) >= 11 is 0. The first-order chi connectivity index (χ1) is 12.1. The molecule has 0 bridgehead atoms. The number of nitrogens with two attached hydrogens (primary N) is 1. The van der Waals surface area contributed by atoms with Gasteiger partial charge in [-0.2, -0.15) is 0 Å². The van der Waals surface area contributed by atoms with Crippen molar-refractivity contribution in [1.29, 1.82) is 0 Å². The molecular weight excluding hydrogens is 308 g/mol. The van der Waals surface area contributed by atoms with Crippen molar-refractivity contribution in [2.45, 2.75) is 122 Å². The zero-order valence-electron chi connectivity index (χ0n) is 17.5. The lowest BCUT2D eigenvalue weighted by Crippen LogP contribution is -2.32. The summed E-state index contributed by atoms with van der Waals surface area (Å²) in [4.78, 5) is 13.2. The first-order valence-electron chi connectivity index (χ1n) is 11.0. The molecule has 0 aromatic carbocycles. The van der Waals surface area contributed by atoms with Crippen molar-refractivity contribution in [3.8, 4) is 0 Å². The van der Waals surface area contributed by atoms with Gasteiger partial charge in [0.25, 0.3) is 0 Å². The normalized spacial score (nSPS) is 12.6. The number of carbonyl (C=O) groups excluding carboxylic acids is 1. The van der Waals surface area contributed by atoms with Gasteiger partial charge in [0.15, 0.2) is 0 Å².